The van der Waals surface area contributed by atoms with E-state index in [-0.39, 0.29) is 35.7 Å². The number of hydrogen-bond donors (Lipinski definition) is 3. The lowest BCUT2D eigenvalue weighted by molar-refractivity contribution is -0.125. The lowest BCUT2D eigenvalue weighted by Crippen LogP contribution is -2.55. The van der Waals surface area contributed by atoms with Gasteiger partial charge in [-0.25, -0.2) is 8.42 Å². The van der Waals surface area contributed by atoms with Crippen molar-refractivity contribution in [2.75, 3.05) is 20.2 Å². The highest BCUT2D eigenvalue weighted by molar-refractivity contribution is 7.89. The fraction of sp³-hybridized carbons (Fsp3) is 0.519. The van der Waals surface area contributed by atoms with Gasteiger partial charge in [-0.15, -0.1) is 0 Å². The van der Waals surface area contributed by atoms with E-state index in [0.29, 0.717) is 12.2 Å². The van der Waals surface area contributed by atoms with Crippen molar-refractivity contribution in [3.63, 3.8) is 0 Å². The highest BCUT2D eigenvalue weighted by Crippen LogP contribution is 2.22. The Morgan fingerprint density at radius 3 is 2.19 bits per heavy atom. The summed E-state index contributed by atoms with van der Waals surface area (Å²) in [6.45, 7) is 7.72. The van der Waals surface area contributed by atoms with Crippen LogP contribution in [-0.4, -0.2) is 62.1 Å². The van der Waals surface area contributed by atoms with Gasteiger partial charge in [-0.05, 0) is 48.1 Å². The molecule has 0 aliphatic rings. The summed E-state index contributed by atoms with van der Waals surface area (Å²) in [6.07, 6.45) is -0.0907. The number of nitrogens with one attached hydrogen (secondary N) is 1. The van der Waals surface area contributed by atoms with Crippen LogP contribution in [0, 0.1) is 11.8 Å². The van der Waals surface area contributed by atoms with E-state index in [0.717, 1.165) is 12.0 Å². The lowest BCUT2D eigenvalue weighted by Gasteiger charge is -2.31. The van der Waals surface area contributed by atoms with E-state index >= 15 is 0 Å². The van der Waals surface area contributed by atoms with Gasteiger partial charge in [0.05, 0.1) is 30.2 Å². The van der Waals surface area contributed by atoms with Crippen molar-refractivity contribution in [1.29, 1.82) is 0 Å². The monoisotopic (exact) mass is 519 g/mol. The molecule has 9 heteroatoms. The van der Waals surface area contributed by atoms with E-state index in [1.807, 2.05) is 58.0 Å². The maximum atomic E-state index is 13.5. The van der Waals surface area contributed by atoms with Crippen LogP contribution in [0.3, 0.4) is 0 Å². The van der Waals surface area contributed by atoms with Gasteiger partial charge in [0.2, 0.25) is 15.9 Å². The molecule has 4 atom stereocenters. The third-order valence-electron chi connectivity index (χ3n) is 6.31. The zero-order chi connectivity index (χ0) is 26.9. The first-order valence-corrected chi connectivity index (χ1v) is 13.9. The molecule has 0 aromatic heterocycles. The number of aliphatic hydroxyl groups excluding tert-OH is 1. The highest BCUT2D eigenvalue weighted by Gasteiger charge is 2.32. The van der Waals surface area contributed by atoms with Crippen molar-refractivity contribution in [1.82, 2.24) is 9.62 Å². The molecule has 0 heterocycles. The first-order valence-electron chi connectivity index (χ1n) is 12.4. The third-order valence-corrected chi connectivity index (χ3v) is 8.15. The summed E-state index contributed by atoms with van der Waals surface area (Å²) in [5, 5.41) is 14.2. The Kier molecular flexibility index (Phi) is 11.4. The quantitative estimate of drug-likeness (QED) is 0.353. The van der Waals surface area contributed by atoms with Crippen LogP contribution in [0.2, 0.25) is 0 Å². The Hall–Kier alpha value is -2.46. The standard InChI is InChI=1S/C27H41N3O5S/c1-6-20(4)26(28)27(32)29-24(16-21-10-8-7-9-11-21)25(31)18-30(17-19(2)3)36(33,34)23-14-12-22(35-5)13-15-23/h7-15,19-20,24-26,31H,6,16-18,28H2,1-5H3,(H,29,32)/t20-,24-,25+,26-/m0/s1. The molecule has 0 aliphatic carbocycles. The van der Waals surface area contributed by atoms with Crippen molar-refractivity contribution in [3.05, 3.63) is 60.2 Å². The molecule has 0 saturated carbocycles. The molecule has 0 aliphatic heterocycles. The summed E-state index contributed by atoms with van der Waals surface area (Å²) in [5.74, 6) is 0.170. The molecular formula is C27H41N3O5S. The maximum absolute atomic E-state index is 13.5. The summed E-state index contributed by atoms with van der Waals surface area (Å²) in [5.41, 5.74) is 7.05. The molecule has 0 radical (unpaired) electrons. The molecule has 2 aromatic carbocycles. The predicted molar refractivity (Wildman–Crippen MR) is 142 cm³/mol. The number of carbonyl (C=O) groups is 1. The fourth-order valence-corrected chi connectivity index (χ4v) is 5.47. The molecule has 0 bridgehead atoms. The van der Waals surface area contributed by atoms with Gasteiger partial charge in [-0.2, -0.15) is 4.31 Å². The molecule has 2 aromatic rings. The number of aliphatic hydroxyl groups is 1. The average Bonchev–Trinajstić information content (AvgIpc) is 2.87. The van der Waals surface area contributed by atoms with Gasteiger partial charge in [-0.3, -0.25) is 4.79 Å². The fourth-order valence-electron chi connectivity index (χ4n) is 3.85. The Morgan fingerprint density at radius 1 is 1.06 bits per heavy atom. The predicted octanol–water partition coefficient (Wildman–Crippen LogP) is 2.80. The van der Waals surface area contributed by atoms with Gasteiger partial charge < -0.3 is 20.9 Å². The van der Waals surface area contributed by atoms with Crippen molar-refractivity contribution in [2.24, 2.45) is 17.6 Å². The minimum Gasteiger partial charge on any atom is -0.497 e. The third kappa shape index (κ3) is 8.30. The molecule has 2 rings (SSSR count). The number of ether oxygens (including phenoxy) is 1. The Morgan fingerprint density at radius 2 is 1.67 bits per heavy atom. The lowest BCUT2D eigenvalue weighted by atomic mass is 9.97. The molecular weight excluding hydrogens is 478 g/mol. The number of sulfonamides is 1. The maximum Gasteiger partial charge on any atom is 0.243 e. The van der Waals surface area contributed by atoms with Crippen molar-refractivity contribution >= 4 is 15.9 Å². The molecule has 0 saturated heterocycles. The summed E-state index contributed by atoms with van der Waals surface area (Å²) in [6, 6.07) is 14.2. The molecule has 1 amide bonds. The first kappa shape index (κ1) is 29.8. The van der Waals surface area contributed by atoms with Crippen LogP contribution in [0.4, 0.5) is 0 Å². The van der Waals surface area contributed by atoms with E-state index in [1.54, 1.807) is 12.1 Å². The normalized spacial score (nSPS) is 15.4. The number of nitrogens with two attached hydrogens (primary N) is 1. The molecule has 0 unspecified atom stereocenters. The van der Waals surface area contributed by atoms with E-state index in [1.165, 1.54) is 23.5 Å². The van der Waals surface area contributed by atoms with Gasteiger partial charge in [-0.1, -0.05) is 64.4 Å². The second-order valence-electron chi connectivity index (χ2n) is 9.67. The van der Waals surface area contributed by atoms with Crippen molar-refractivity contribution in [3.8, 4) is 5.75 Å². The smallest absolute Gasteiger partial charge is 0.243 e. The highest BCUT2D eigenvalue weighted by atomic mass is 32.2. The van der Waals surface area contributed by atoms with Gasteiger partial charge in [0.15, 0.2) is 0 Å². The zero-order valence-corrected chi connectivity index (χ0v) is 22.7. The van der Waals surface area contributed by atoms with Gasteiger partial charge >= 0.3 is 0 Å². The number of benzene rings is 2. The van der Waals surface area contributed by atoms with Crippen LogP contribution in [-0.2, 0) is 21.2 Å². The van der Waals surface area contributed by atoms with E-state index < -0.39 is 28.2 Å². The number of hydrogen-bond acceptors (Lipinski definition) is 6. The van der Waals surface area contributed by atoms with Crippen LogP contribution in [0.1, 0.15) is 39.7 Å². The van der Waals surface area contributed by atoms with Crippen molar-refractivity contribution in [2.45, 2.75) is 63.6 Å². The Balaban J connectivity index is 2.33. The summed E-state index contributed by atoms with van der Waals surface area (Å²) in [4.78, 5) is 13.0. The van der Waals surface area contributed by atoms with Crippen LogP contribution >= 0.6 is 0 Å². The molecule has 8 nitrogen and oxygen atoms in total. The largest absolute Gasteiger partial charge is 0.497 e. The van der Waals surface area contributed by atoms with Crippen molar-refractivity contribution < 1.29 is 23.1 Å². The number of rotatable bonds is 14. The average molecular weight is 520 g/mol. The molecule has 4 N–H and O–H groups in total. The topological polar surface area (TPSA) is 122 Å². The summed E-state index contributed by atoms with van der Waals surface area (Å²) >= 11 is 0. The van der Waals surface area contributed by atoms with Crippen LogP contribution in [0.25, 0.3) is 0 Å². The molecule has 0 spiro atoms. The minimum atomic E-state index is -3.90. The molecule has 36 heavy (non-hydrogen) atoms. The summed E-state index contributed by atoms with van der Waals surface area (Å²) < 4.78 is 33.4. The first-order chi connectivity index (χ1) is 17.0. The minimum absolute atomic E-state index is 0.0196. The Labute approximate surface area is 215 Å². The second kappa shape index (κ2) is 13.7. The molecule has 0 fully saturated rings. The van der Waals surface area contributed by atoms with Gasteiger partial charge in [0, 0.05) is 13.1 Å². The van der Waals surface area contributed by atoms with E-state index in [9.17, 15) is 18.3 Å². The molecule has 200 valence electrons. The van der Waals surface area contributed by atoms with Crippen LogP contribution in [0.15, 0.2) is 59.5 Å². The number of carbonyl (C=O) groups excluding carboxylic acids is 1. The van der Waals surface area contributed by atoms with Gasteiger partial charge in [0.25, 0.3) is 0 Å². The SMILES string of the molecule is CC[C@H](C)[C@H](N)C(=O)N[C@@H](Cc1ccccc1)[C@H](O)CN(CC(C)C)S(=O)(=O)c1ccc(OC)cc1. The zero-order valence-electron chi connectivity index (χ0n) is 21.9. The summed E-state index contributed by atoms with van der Waals surface area (Å²) in [7, 11) is -2.39. The van der Waals surface area contributed by atoms with E-state index in [2.05, 4.69) is 5.32 Å². The van der Waals surface area contributed by atoms with Crippen LogP contribution in [0.5, 0.6) is 5.75 Å². The van der Waals surface area contributed by atoms with E-state index in [4.69, 9.17) is 10.5 Å². The van der Waals surface area contributed by atoms with Crippen LogP contribution < -0.4 is 15.8 Å². The number of amides is 1. The number of methoxy groups -OCH3 is 1. The second-order valence-corrected chi connectivity index (χ2v) is 11.6. The van der Waals surface area contributed by atoms with Gasteiger partial charge in [0.1, 0.15) is 5.75 Å². The Bertz CT molecular complexity index is 1040. The number of nitrogens with zero attached hydrogens (tertiary/aromatic N) is 1.